The van der Waals surface area contributed by atoms with Gasteiger partial charge in [0.15, 0.2) is 17.5 Å². The first-order valence-electron chi connectivity index (χ1n) is 3.32. The first-order chi connectivity index (χ1) is 6.50. The zero-order valence-corrected chi connectivity index (χ0v) is 8.92. The fourth-order valence-corrected chi connectivity index (χ4v) is 1.64. The SMILES string of the molecule is NOCc1c(F)c(F)c(Cl)c(F)c1Br. The number of hydrogen-bond donors (Lipinski definition) is 1. The average molecular weight is 290 g/mol. The Balaban J connectivity index is 3.43. The molecule has 1 rings (SSSR count). The lowest BCUT2D eigenvalue weighted by atomic mass is 10.2. The van der Waals surface area contributed by atoms with Crippen LogP contribution < -0.4 is 5.90 Å². The average Bonchev–Trinajstić information content (AvgIpc) is 2.19. The van der Waals surface area contributed by atoms with Crippen LogP contribution in [0.2, 0.25) is 5.02 Å². The lowest BCUT2D eigenvalue weighted by molar-refractivity contribution is 0.120. The summed E-state index contributed by atoms with van der Waals surface area (Å²) in [5, 5.41) is -0.907. The number of hydrogen-bond acceptors (Lipinski definition) is 2. The second-order valence-corrected chi connectivity index (χ2v) is 3.53. The van der Waals surface area contributed by atoms with Crippen molar-refractivity contribution in [3.05, 3.63) is 32.5 Å². The third-order valence-corrected chi connectivity index (χ3v) is 2.69. The Kier molecular flexibility index (Phi) is 3.77. The Morgan fingerprint density at radius 3 is 2.29 bits per heavy atom. The van der Waals surface area contributed by atoms with Crippen molar-refractivity contribution in [1.29, 1.82) is 0 Å². The van der Waals surface area contributed by atoms with Gasteiger partial charge in [0, 0.05) is 5.56 Å². The number of benzene rings is 1. The number of halogens is 5. The summed E-state index contributed by atoms with van der Waals surface area (Å²) in [6.45, 7) is -0.461. The highest BCUT2D eigenvalue weighted by Gasteiger charge is 2.22. The quantitative estimate of drug-likeness (QED) is 0.516. The van der Waals surface area contributed by atoms with E-state index in [-0.39, 0.29) is 10.0 Å². The molecule has 0 amide bonds. The van der Waals surface area contributed by atoms with Crippen molar-refractivity contribution in [3.63, 3.8) is 0 Å². The molecule has 78 valence electrons. The van der Waals surface area contributed by atoms with Crippen molar-refractivity contribution in [2.75, 3.05) is 0 Å². The molecule has 0 radical (unpaired) electrons. The maximum atomic E-state index is 13.1. The first-order valence-corrected chi connectivity index (χ1v) is 4.49. The normalized spacial score (nSPS) is 10.7. The highest BCUT2D eigenvalue weighted by atomic mass is 79.9. The highest BCUT2D eigenvalue weighted by molar-refractivity contribution is 9.10. The summed E-state index contributed by atoms with van der Waals surface area (Å²) in [4.78, 5) is 4.09. The van der Waals surface area contributed by atoms with Gasteiger partial charge in [0.2, 0.25) is 0 Å². The van der Waals surface area contributed by atoms with Crippen LogP contribution in [0.25, 0.3) is 0 Å². The van der Waals surface area contributed by atoms with Gasteiger partial charge in [-0.25, -0.2) is 19.1 Å². The first kappa shape index (κ1) is 11.8. The van der Waals surface area contributed by atoms with Crippen LogP contribution in [0.1, 0.15) is 5.56 Å². The predicted octanol–water partition coefficient (Wildman–Crippen LogP) is 2.91. The predicted molar refractivity (Wildman–Crippen MR) is 48.0 cm³/mol. The van der Waals surface area contributed by atoms with E-state index in [0.29, 0.717) is 0 Å². The van der Waals surface area contributed by atoms with Gasteiger partial charge in [-0.15, -0.1) is 0 Å². The summed E-state index contributed by atoms with van der Waals surface area (Å²) >= 11 is 7.88. The molecule has 0 fully saturated rings. The Morgan fingerprint density at radius 1 is 1.21 bits per heavy atom. The summed E-state index contributed by atoms with van der Waals surface area (Å²) in [5.74, 6) is 0.843. The summed E-state index contributed by atoms with van der Waals surface area (Å²) in [6, 6.07) is 0. The molecule has 0 heterocycles. The molecule has 0 aromatic heterocycles. The summed E-state index contributed by atoms with van der Waals surface area (Å²) in [6.07, 6.45) is 0. The van der Waals surface area contributed by atoms with Crippen molar-refractivity contribution in [2.45, 2.75) is 6.61 Å². The van der Waals surface area contributed by atoms with E-state index in [1.54, 1.807) is 0 Å². The second-order valence-electron chi connectivity index (χ2n) is 2.36. The monoisotopic (exact) mass is 289 g/mol. The molecule has 0 aliphatic heterocycles. The molecule has 1 aromatic rings. The van der Waals surface area contributed by atoms with Gasteiger partial charge in [0.05, 0.1) is 11.1 Å². The van der Waals surface area contributed by atoms with Crippen molar-refractivity contribution >= 4 is 27.5 Å². The lowest BCUT2D eigenvalue weighted by Crippen LogP contribution is -2.06. The van der Waals surface area contributed by atoms with E-state index in [1.807, 2.05) is 0 Å². The van der Waals surface area contributed by atoms with Gasteiger partial charge in [0.1, 0.15) is 5.02 Å². The molecule has 0 unspecified atom stereocenters. The van der Waals surface area contributed by atoms with Gasteiger partial charge >= 0.3 is 0 Å². The molecule has 0 saturated heterocycles. The van der Waals surface area contributed by atoms with E-state index in [0.717, 1.165) is 0 Å². The molecule has 2 nitrogen and oxygen atoms in total. The van der Waals surface area contributed by atoms with Gasteiger partial charge in [-0.1, -0.05) is 11.6 Å². The van der Waals surface area contributed by atoms with Crippen LogP contribution in [0, 0.1) is 17.5 Å². The number of nitrogens with two attached hydrogens (primary N) is 1. The van der Waals surface area contributed by atoms with Gasteiger partial charge in [-0.2, -0.15) is 0 Å². The Bertz CT molecular complexity index is 345. The van der Waals surface area contributed by atoms with Crippen LogP contribution in [-0.4, -0.2) is 0 Å². The molecule has 0 saturated carbocycles. The summed E-state index contributed by atoms with van der Waals surface area (Å²) in [7, 11) is 0. The minimum absolute atomic E-state index is 0.299. The van der Waals surface area contributed by atoms with Crippen molar-refractivity contribution in [3.8, 4) is 0 Å². The minimum atomic E-state index is -1.46. The molecular weight excluding hydrogens is 286 g/mol. The number of rotatable bonds is 2. The maximum Gasteiger partial charge on any atom is 0.180 e. The van der Waals surface area contributed by atoms with E-state index in [2.05, 4.69) is 26.7 Å². The van der Waals surface area contributed by atoms with Crippen molar-refractivity contribution in [2.24, 2.45) is 5.90 Å². The van der Waals surface area contributed by atoms with Crippen LogP contribution in [0.4, 0.5) is 13.2 Å². The summed E-state index contributed by atoms with van der Waals surface area (Å²) in [5.41, 5.74) is -0.355. The molecule has 0 aliphatic rings. The van der Waals surface area contributed by atoms with Crippen LogP contribution >= 0.6 is 27.5 Å². The van der Waals surface area contributed by atoms with Crippen LogP contribution in [0.15, 0.2) is 4.47 Å². The second kappa shape index (κ2) is 4.48. The van der Waals surface area contributed by atoms with Gasteiger partial charge in [-0.3, -0.25) is 4.84 Å². The molecule has 0 bridgehead atoms. The zero-order chi connectivity index (χ0) is 10.9. The fourth-order valence-electron chi connectivity index (χ4n) is 0.860. The lowest BCUT2D eigenvalue weighted by Gasteiger charge is -2.08. The molecule has 0 aliphatic carbocycles. The molecular formula is C7H4BrClF3NO. The van der Waals surface area contributed by atoms with Crippen molar-refractivity contribution in [1.82, 2.24) is 0 Å². The Hall–Kier alpha value is -0.300. The third-order valence-electron chi connectivity index (χ3n) is 1.53. The maximum absolute atomic E-state index is 13.1. The standard InChI is InChI=1S/C7H4BrClF3NO/c8-3-2(1-14-13)5(10)7(12)4(9)6(3)11/h1,13H2. The zero-order valence-electron chi connectivity index (χ0n) is 6.58. The van der Waals surface area contributed by atoms with Crippen molar-refractivity contribution < 1.29 is 18.0 Å². The van der Waals surface area contributed by atoms with Gasteiger partial charge in [0.25, 0.3) is 0 Å². The van der Waals surface area contributed by atoms with Gasteiger partial charge < -0.3 is 0 Å². The Labute approximate surface area is 90.9 Å². The van der Waals surface area contributed by atoms with Crippen LogP contribution in [0.5, 0.6) is 0 Å². The van der Waals surface area contributed by atoms with E-state index in [4.69, 9.17) is 11.6 Å². The van der Waals surface area contributed by atoms with E-state index in [9.17, 15) is 13.2 Å². The van der Waals surface area contributed by atoms with E-state index < -0.39 is 29.1 Å². The molecule has 1 aromatic carbocycles. The highest BCUT2D eigenvalue weighted by Crippen LogP contribution is 2.32. The molecule has 2 N–H and O–H groups in total. The van der Waals surface area contributed by atoms with Crippen LogP contribution in [-0.2, 0) is 11.4 Å². The molecule has 0 spiro atoms. The third kappa shape index (κ3) is 1.88. The topological polar surface area (TPSA) is 35.2 Å². The molecule has 0 atom stereocenters. The molecule has 14 heavy (non-hydrogen) atoms. The van der Waals surface area contributed by atoms with Gasteiger partial charge in [-0.05, 0) is 15.9 Å². The smallest absolute Gasteiger partial charge is 0.180 e. The Morgan fingerprint density at radius 2 is 1.79 bits per heavy atom. The summed E-state index contributed by atoms with van der Waals surface area (Å²) < 4.78 is 38.8. The molecule has 7 heteroatoms. The fraction of sp³-hybridized carbons (Fsp3) is 0.143. The van der Waals surface area contributed by atoms with Crippen LogP contribution in [0.3, 0.4) is 0 Å². The minimum Gasteiger partial charge on any atom is -0.300 e. The largest absolute Gasteiger partial charge is 0.300 e. The van der Waals surface area contributed by atoms with E-state index in [1.165, 1.54) is 0 Å². The van der Waals surface area contributed by atoms with E-state index >= 15 is 0 Å².